The van der Waals surface area contributed by atoms with Crippen LogP contribution >= 0.6 is 0 Å². The molecule has 3 heterocycles. The second-order valence-electron chi connectivity index (χ2n) is 10.7. The van der Waals surface area contributed by atoms with E-state index in [-0.39, 0.29) is 23.3 Å². The van der Waals surface area contributed by atoms with E-state index in [9.17, 15) is 14.4 Å². The first-order valence-corrected chi connectivity index (χ1v) is 14.3. The van der Waals surface area contributed by atoms with E-state index < -0.39 is 0 Å². The second kappa shape index (κ2) is 12.0. The molecule has 0 saturated carbocycles. The average Bonchev–Trinajstić information content (AvgIpc) is 3.02. The molecule has 1 atom stereocenters. The Balaban J connectivity index is 0.000000482. The summed E-state index contributed by atoms with van der Waals surface area (Å²) in [6.45, 7) is 5.67. The lowest BCUT2D eigenvalue weighted by molar-refractivity contribution is -0.118. The lowest BCUT2D eigenvalue weighted by Gasteiger charge is -2.34. The number of amides is 1. The molecule has 1 amide bonds. The van der Waals surface area contributed by atoms with Gasteiger partial charge in [0.05, 0.1) is 11.4 Å². The number of nitrogens with zero attached hydrogens (tertiary/aromatic N) is 4. The Morgan fingerprint density at radius 1 is 0.907 bits per heavy atom. The summed E-state index contributed by atoms with van der Waals surface area (Å²) in [5, 5.41) is 6.89. The van der Waals surface area contributed by atoms with Crippen LogP contribution in [0.2, 0.25) is 0 Å². The van der Waals surface area contributed by atoms with Crippen LogP contribution in [0.25, 0.3) is 27.8 Å². The van der Waals surface area contributed by atoms with E-state index >= 15 is 0 Å². The summed E-state index contributed by atoms with van der Waals surface area (Å²) in [7, 11) is 0. The second-order valence-corrected chi connectivity index (χ2v) is 10.7. The molecule has 1 fully saturated rings. The third-order valence-electron chi connectivity index (χ3n) is 7.80. The van der Waals surface area contributed by atoms with Gasteiger partial charge in [-0.15, -0.1) is 0 Å². The number of pyridine rings is 1. The van der Waals surface area contributed by atoms with E-state index in [1.165, 1.54) is 21.8 Å². The first-order valence-electron chi connectivity index (χ1n) is 14.3. The molecule has 2 N–H and O–H groups in total. The van der Waals surface area contributed by atoms with Crippen molar-refractivity contribution < 1.29 is 9.59 Å². The largest absolute Gasteiger partial charge is 0.348 e. The lowest BCUT2D eigenvalue weighted by atomic mass is 9.95. The molecule has 9 heteroatoms. The van der Waals surface area contributed by atoms with Crippen LogP contribution in [-0.4, -0.2) is 51.9 Å². The maximum atomic E-state index is 13.0. The molecular formula is C34H32N6O3. The summed E-state index contributed by atoms with van der Waals surface area (Å²) in [6, 6.07) is 27.9. The van der Waals surface area contributed by atoms with Gasteiger partial charge in [0.15, 0.2) is 11.4 Å². The van der Waals surface area contributed by atoms with Crippen molar-refractivity contribution >= 4 is 28.7 Å². The van der Waals surface area contributed by atoms with E-state index in [0.717, 1.165) is 10.9 Å². The molecule has 43 heavy (non-hydrogen) atoms. The molecular weight excluding hydrogens is 540 g/mol. The third-order valence-corrected chi connectivity index (χ3v) is 7.80. The van der Waals surface area contributed by atoms with Crippen LogP contribution in [0, 0.1) is 6.92 Å². The number of aryl methyl sites for hydroxylation is 1. The molecule has 2 aromatic heterocycles. The van der Waals surface area contributed by atoms with Crippen LogP contribution in [0.1, 0.15) is 28.5 Å². The first kappa shape index (κ1) is 28.0. The predicted molar refractivity (Wildman–Crippen MR) is 168 cm³/mol. The maximum absolute atomic E-state index is 13.0. The van der Waals surface area contributed by atoms with E-state index in [2.05, 4.69) is 39.9 Å². The van der Waals surface area contributed by atoms with Crippen LogP contribution in [0.5, 0.6) is 0 Å². The van der Waals surface area contributed by atoms with Gasteiger partial charge in [0.1, 0.15) is 6.04 Å². The number of carbonyl (C=O) groups is 2. The Kier molecular flexibility index (Phi) is 7.81. The number of ketones is 1. The number of benzene rings is 3. The van der Waals surface area contributed by atoms with Gasteiger partial charge in [-0.25, -0.2) is 4.98 Å². The van der Waals surface area contributed by atoms with Crippen LogP contribution in [-0.2, 0) is 11.3 Å². The van der Waals surface area contributed by atoms with Crippen LogP contribution in [0.4, 0.5) is 5.95 Å². The number of aromatic nitrogens is 3. The molecule has 0 bridgehead atoms. The Bertz CT molecular complexity index is 1830. The summed E-state index contributed by atoms with van der Waals surface area (Å²) in [5.74, 6) is 0.248. The number of nitrogens with one attached hydrogen (secondary N) is 2. The smallest absolute Gasteiger partial charge is 0.256 e. The molecule has 0 spiro atoms. The summed E-state index contributed by atoms with van der Waals surface area (Å²) >= 11 is 0. The zero-order valence-corrected chi connectivity index (χ0v) is 24.1. The Labute approximate surface area is 249 Å². The van der Waals surface area contributed by atoms with Gasteiger partial charge < -0.3 is 15.5 Å². The monoisotopic (exact) mass is 572 g/mol. The highest BCUT2D eigenvalue weighted by Crippen LogP contribution is 2.29. The number of rotatable bonds is 6. The van der Waals surface area contributed by atoms with Gasteiger partial charge >= 0.3 is 0 Å². The zero-order valence-electron chi connectivity index (χ0n) is 24.1. The Morgan fingerprint density at radius 2 is 1.60 bits per heavy atom. The number of hydrogen-bond acceptors (Lipinski definition) is 7. The predicted octanol–water partition coefficient (Wildman–Crippen LogP) is 4.05. The van der Waals surface area contributed by atoms with Crippen molar-refractivity contribution in [2.24, 2.45) is 0 Å². The molecule has 216 valence electrons. The van der Waals surface area contributed by atoms with Gasteiger partial charge in [-0.05, 0) is 60.9 Å². The highest BCUT2D eigenvalue weighted by atomic mass is 16.2. The van der Waals surface area contributed by atoms with E-state index in [1.807, 2.05) is 42.2 Å². The van der Waals surface area contributed by atoms with Crippen molar-refractivity contribution in [2.45, 2.75) is 26.4 Å². The van der Waals surface area contributed by atoms with Crippen molar-refractivity contribution in [3.8, 4) is 16.8 Å². The molecule has 2 aromatic carbocycles. The molecule has 9 nitrogen and oxygen atoms in total. The molecule has 2 aliphatic carbocycles. The number of fused-ring (bicyclic) bond motifs is 2. The Hall–Kier alpha value is -5.15. The Morgan fingerprint density at radius 3 is 2.23 bits per heavy atom. The normalized spacial score (nSPS) is 14.9. The van der Waals surface area contributed by atoms with Crippen molar-refractivity contribution in [3.05, 3.63) is 118 Å². The van der Waals surface area contributed by atoms with Gasteiger partial charge in [-0.1, -0.05) is 54.6 Å². The number of anilines is 1. The van der Waals surface area contributed by atoms with Gasteiger partial charge in [-0.3, -0.25) is 19.0 Å². The molecule has 1 saturated heterocycles. The number of carbonyl (C=O) groups excluding carboxylic acids is 2. The molecule has 7 rings (SSSR count). The summed E-state index contributed by atoms with van der Waals surface area (Å²) < 4.78 is 1.52. The molecule has 1 unspecified atom stereocenters. The molecule has 0 radical (unpaired) electrons. The number of Topliss-reactive ketones (excluding diaryl/α,β-unsaturated/α-hetero) is 1. The van der Waals surface area contributed by atoms with E-state index in [0.29, 0.717) is 54.7 Å². The van der Waals surface area contributed by atoms with Crippen molar-refractivity contribution in [3.63, 3.8) is 0 Å². The van der Waals surface area contributed by atoms with Crippen molar-refractivity contribution in [1.29, 1.82) is 0 Å². The van der Waals surface area contributed by atoms with E-state index in [4.69, 9.17) is 4.98 Å². The van der Waals surface area contributed by atoms with Crippen molar-refractivity contribution in [2.75, 3.05) is 24.5 Å². The maximum Gasteiger partial charge on any atom is 0.256 e. The first-order chi connectivity index (χ1) is 20.9. The highest BCUT2D eigenvalue weighted by molar-refractivity contribution is 5.94. The third kappa shape index (κ3) is 5.80. The van der Waals surface area contributed by atoms with Gasteiger partial charge in [0, 0.05) is 43.2 Å². The number of hydrogen-bond donors (Lipinski definition) is 2. The average molecular weight is 573 g/mol. The van der Waals surface area contributed by atoms with Gasteiger partial charge in [-0.2, -0.15) is 4.98 Å². The fourth-order valence-corrected chi connectivity index (χ4v) is 5.24. The quantitative estimate of drug-likeness (QED) is 0.310. The van der Waals surface area contributed by atoms with Crippen LogP contribution in [0.15, 0.2) is 95.8 Å². The fraction of sp³-hybridized carbons (Fsp3) is 0.206. The molecule has 1 aliphatic heterocycles. The zero-order chi connectivity index (χ0) is 29.9. The van der Waals surface area contributed by atoms with E-state index in [1.54, 1.807) is 37.3 Å². The summed E-state index contributed by atoms with van der Waals surface area (Å²) in [6.07, 6.45) is 0. The minimum absolute atomic E-state index is 0.0279. The van der Waals surface area contributed by atoms with Gasteiger partial charge in [0.2, 0.25) is 5.95 Å². The lowest BCUT2D eigenvalue weighted by Crippen LogP contribution is -2.55. The van der Waals surface area contributed by atoms with Gasteiger partial charge in [0.25, 0.3) is 11.5 Å². The molecule has 4 aromatic rings. The van der Waals surface area contributed by atoms with Crippen LogP contribution < -0.4 is 21.1 Å². The summed E-state index contributed by atoms with van der Waals surface area (Å²) in [4.78, 5) is 49.3. The minimum atomic E-state index is -0.372. The highest BCUT2D eigenvalue weighted by Gasteiger charge is 2.28. The fourth-order valence-electron chi connectivity index (χ4n) is 5.24. The minimum Gasteiger partial charge on any atom is -0.348 e. The van der Waals surface area contributed by atoms with Crippen molar-refractivity contribution in [1.82, 2.24) is 25.2 Å². The SMILES string of the molecule is CC(=O)C1CNCCN1c1nc(C)c2ccc(=O)n(-c3ccc(C(=O)NCc4ccccc4)cc3)c2n1.c1cc2ccc1-2. The standard InChI is InChI=1S/C28H28N6O3.C6H4/c1-18-23-12-13-25(36)34(26(23)32-28(31-18)33-15-14-29-17-24(33)19(2)35)22-10-8-21(9-11-22)27(37)30-16-20-6-4-3-5-7-20;1-2-6-4-3-5(1)6/h3-13,24,29H,14-17H2,1-2H3,(H,30,37);1-4H. The summed E-state index contributed by atoms with van der Waals surface area (Å²) in [5.41, 5.74) is 5.86. The van der Waals surface area contributed by atoms with Crippen LogP contribution in [0.3, 0.4) is 0 Å². The topological polar surface area (TPSA) is 109 Å². The molecule has 3 aliphatic rings. The number of piperazine rings is 1.